The Morgan fingerprint density at radius 1 is 1.44 bits per heavy atom. The first-order chi connectivity index (χ1) is 8.59. The lowest BCUT2D eigenvalue weighted by atomic mass is 10.1. The van der Waals surface area contributed by atoms with Crippen LogP contribution in [-0.2, 0) is 4.79 Å². The van der Waals surface area contributed by atoms with Crippen LogP contribution in [0.2, 0.25) is 0 Å². The van der Waals surface area contributed by atoms with E-state index in [2.05, 4.69) is 4.90 Å². The van der Waals surface area contributed by atoms with Crippen LogP contribution in [-0.4, -0.2) is 48.4 Å². The van der Waals surface area contributed by atoms with E-state index in [4.69, 9.17) is 10.2 Å². The molecule has 1 aromatic rings. The highest BCUT2D eigenvalue weighted by atomic mass is 16.3. The molecule has 2 rings (SSSR count). The fraction of sp³-hybridized carbons (Fsp3) is 0.615. The summed E-state index contributed by atoms with van der Waals surface area (Å²) in [5, 5.41) is 0. The minimum Gasteiger partial charge on any atom is -0.468 e. The molecule has 18 heavy (non-hydrogen) atoms. The fourth-order valence-electron chi connectivity index (χ4n) is 2.48. The van der Waals surface area contributed by atoms with Gasteiger partial charge in [0.2, 0.25) is 5.91 Å². The van der Waals surface area contributed by atoms with Crippen LogP contribution in [0.3, 0.4) is 0 Å². The van der Waals surface area contributed by atoms with Crippen LogP contribution in [0.5, 0.6) is 0 Å². The zero-order chi connectivity index (χ0) is 13.1. The lowest BCUT2D eigenvalue weighted by Gasteiger charge is -2.31. The summed E-state index contributed by atoms with van der Waals surface area (Å²) in [7, 11) is 1.85. The van der Waals surface area contributed by atoms with Gasteiger partial charge in [-0.25, -0.2) is 0 Å². The SMILES string of the molecule is CC(N)C(c1ccco1)N1CCCN(C)C(=O)C1. The number of hydrogen-bond donors (Lipinski definition) is 1. The summed E-state index contributed by atoms with van der Waals surface area (Å²) >= 11 is 0. The van der Waals surface area contributed by atoms with Crippen LogP contribution >= 0.6 is 0 Å². The molecule has 1 aromatic heterocycles. The van der Waals surface area contributed by atoms with Gasteiger partial charge in [-0.3, -0.25) is 9.69 Å². The lowest BCUT2D eigenvalue weighted by molar-refractivity contribution is -0.130. The van der Waals surface area contributed by atoms with Crippen molar-refractivity contribution < 1.29 is 9.21 Å². The summed E-state index contributed by atoms with van der Waals surface area (Å²) in [5.74, 6) is 0.979. The molecule has 1 amide bonds. The fourth-order valence-corrected chi connectivity index (χ4v) is 2.48. The van der Waals surface area contributed by atoms with Gasteiger partial charge in [-0.1, -0.05) is 0 Å². The normalized spacial score (nSPS) is 21.7. The topological polar surface area (TPSA) is 62.7 Å². The number of rotatable bonds is 3. The molecule has 0 aromatic carbocycles. The Labute approximate surface area is 108 Å². The number of likely N-dealkylation sites (N-methyl/N-ethyl adjacent to an activating group) is 1. The van der Waals surface area contributed by atoms with Crippen molar-refractivity contribution >= 4 is 5.91 Å². The molecule has 5 nitrogen and oxygen atoms in total. The molecule has 100 valence electrons. The molecule has 1 saturated heterocycles. The Kier molecular flexibility index (Phi) is 4.04. The van der Waals surface area contributed by atoms with Crippen LogP contribution in [0.4, 0.5) is 0 Å². The van der Waals surface area contributed by atoms with Gasteiger partial charge >= 0.3 is 0 Å². The van der Waals surface area contributed by atoms with E-state index in [1.54, 1.807) is 11.2 Å². The van der Waals surface area contributed by atoms with Gasteiger partial charge in [0.1, 0.15) is 5.76 Å². The summed E-state index contributed by atoms with van der Waals surface area (Å²) in [6.07, 6.45) is 2.61. The molecule has 0 radical (unpaired) electrons. The monoisotopic (exact) mass is 251 g/mol. The molecule has 2 heterocycles. The Morgan fingerprint density at radius 2 is 2.22 bits per heavy atom. The molecule has 2 unspecified atom stereocenters. The maximum Gasteiger partial charge on any atom is 0.236 e. The summed E-state index contributed by atoms with van der Waals surface area (Å²) in [6, 6.07) is 3.67. The molecule has 0 saturated carbocycles. The molecule has 2 atom stereocenters. The van der Waals surface area contributed by atoms with E-state index in [0.717, 1.165) is 25.3 Å². The third-order valence-electron chi connectivity index (χ3n) is 3.43. The van der Waals surface area contributed by atoms with Crippen LogP contribution in [0.25, 0.3) is 0 Å². The molecule has 5 heteroatoms. The smallest absolute Gasteiger partial charge is 0.236 e. The zero-order valence-electron chi connectivity index (χ0n) is 11.0. The Morgan fingerprint density at radius 3 is 2.83 bits per heavy atom. The van der Waals surface area contributed by atoms with Crippen molar-refractivity contribution in [2.45, 2.75) is 25.4 Å². The minimum atomic E-state index is -0.0765. The molecule has 2 N–H and O–H groups in total. The molecular formula is C13H21N3O2. The summed E-state index contributed by atoms with van der Waals surface area (Å²) in [5.41, 5.74) is 6.06. The minimum absolute atomic E-state index is 0.0320. The number of nitrogens with zero attached hydrogens (tertiary/aromatic N) is 2. The van der Waals surface area contributed by atoms with Gasteiger partial charge in [0.05, 0.1) is 18.8 Å². The summed E-state index contributed by atoms with van der Waals surface area (Å²) in [4.78, 5) is 15.8. The molecular weight excluding hydrogens is 230 g/mol. The summed E-state index contributed by atoms with van der Waals surface area (Å²) in [6.45, 7) is 4.03. The lowest BCUT2D eigenvalue weighted by Crippen LogP contribution is -2.42. The molecule has 0 spiro atoms. The van der Waals surface area contributed by atoms with Crippen molar-refractivity contribution in [2.24, 2.45) is 5.73 Å². The van der Waals surface area contributed by atoms with E-state index in [9.17, 15) is 4.79 Å². The number of carbonyl (C=O) groups is 1. The van der Waals surface area contributed by atoms with Gasteiger partial charge in [0.15, 0.2) is 0 Å². The zero-order valence-corrected chi connectivity index (χ0v) is 11.0. The van der Waals surface area contributed by atoms with Crippen molar-refractivity contribution in [3.8, 4) is 0 Å². The number of hydrogen-bond acceptors (Lipinski definition) is 4. The largest absolute Gasteiger partial charge is 0.468 e. The Hall–Kier alpha value is -1.33. The van der Waals surface area contributed by atoms with E-state index >= 15 is 0 Å². The quantitative estimate of drug-likeness (QED) is 0.864. The van der Waals surface area contributed by atoms with Crippen LogP contribution in [0.1, 0.15) is 25.1 Å². The van der Waals surface area contributed by atoms with Gasteiger partial charge in [-0.15, -0.1) is 0 Å². The second-order valence-electron chi connectivity index (χ2n) is 4.96. The average molecular weight is 251 g/mol. The maximum atomic E-state index is 11.9. The predicted molar refractivity (Wildman–Crippen MR) is 68.9 cm³/mol. The molecule has 0 aliphatic carbocycles. The van der Waals surface area contributed by atoms with Crippen molar-refractivity contribution in [2.75, 3.05) is 26.7 Å². The number of carbonyl (C=O) groups excluding carboxylic acids is 1. The van der Waals surface area contributed by atoms with E-state index < -0.39 is 0 Å². The highest BCUT2D eigenvalue weighted by Crippen LogP contribution is 2.25. The first-order valence-electron chi connectivity index (χ1n) is 6.36. The molecule has 1 aliphatic rings. The highest BCUT2D eigenvalue weighted by molar-refractivity contribution is 5.78. The third kappa shape index (κ3) is 2.73. The standard InChI is InChI=1S/C13H21N3O2/c1-10(14)13(11-5-3-8-18-11)16-7-4-6-15(2)12(17)9-16/h3,5,8,10,13H,4,6-7,9,14H2,1-2H3. The van der Waals surface area contributed by atoms with Gasteiger partial charge in [0.25, 0.3) is 0 Å². The summed E-state index contributed by atoms with van der Waals surface area (Å²) < 4.78 is 5.47. The second-order valence-corrected chi connectivity index (χ2v) is 4.96. The van der Waals surface area contributed by atoms with E-state index in [-0.39, 0.29) is 18.0 Å². The average Bonchev–Trinajstić information content (AvgIpc) is 2.76. The van der Waals surface area contributed by atoms with Crippen LogP contribution in [0.15, 0.2) is 22.8 Å². The van der Waals surface area contributed by atoms with Crippen molar-refractivity contribution in [1.82, 2.24) is 9.80 Å². The van der Waals surface area contributed by atoms with Gasteiger partial charge in [-0.2, -0.15) is 0 Å². The van der Waals surface area contributed by atoms with E-state index in [1.165, 1.54) is 0 Å². The highest BCUT2D eigenvalue weighted by Gasteiger charge is 2.30. The Bertz CT molecular complexity index is 389. The predicted octanol–water partition coefficient (Wildman–Crippen LogP) is 0.832. The maximum absolute atomic E-state index is 11.9. The molecule has 1 fully saturated rings. The molecule has 0 bridgehead atoms. The first-order valence-corrected chi connectivity index (χ1v) is 6.36. The number of amides is 1. The Balaban J connectivity index is 2.18. The number of furan rings is 1. The third-order valence-corrected chi connectivity index (χ3v) is 3.43. The molecule has 1 aliphatic heterocycles. The van der Waals surface area contributed by atoms with E-state index in [1.807, 2.05) is 26.1 Å². The van der Waals surface area contributed by atoms with Crippen molar-refractivity contribution in [1.29, 1.82) is 0 Å². The second kappa shape index (κ2) is 5.54. The first kappa shape index (κ1) is 13.1. The van der Waals surface area contributed by atoms with E-state index in [0.29, 0.717) is 6.54 Å². The van der Waals surface area contributed by atoms with Crippen molar-refractivity contribution in [3.63, 3.8) is 0 Å². The van der Waals surface area contributed by atoms with Gasteiger partial charge in [0, 0.05) is 26.2 Å². The number of nitrogens with two attached hydrogens (primary N) is 1. The van der Waals surface area contributed by atoms with Crippen LogP contribution in [0, 0.1) is 0 Å². The van der Waals surface area contributed by atoms with Gasteiger partial charge < -0.3 is 15.1 Å². The van der Waals surface area contributed by atoms with Gasteiger partial charge in [-0.05, 0) is 25.5 Å². The van der Waals surface area contributed by atoms with Crippen LogP contribution < -0.4 is 5.73 Å². The van der Waals surface area contributed by atoms with Crippen molar-refractivity contribution in [3.05, 3.63) is 24.2 Å².